The highest BCUT2D eigenvalue weighted by Crippen LogP contribution is 2.60. The van der Waals surface area contributed by atoms with E-state index in [9.17, 15) is 39.6 Å². The molecule has 0 amide bonds. The molecule has 642 valence electrons. The van der Waals surface area contributed by atoms with E-state index in [2.05, 4.69) is 125 Å². The average molecular weight is 1740 g/mol. The van der Waals surface area contributed by atoms with Gasteiger partial charge in [-0.1, -0.05) is 113 Å². The van der Waals surface area contributed by atoms with E-state index in [0.717, 1.165) is 168 Å². The van der Waals surface area contributed by atoms with Crippen molar-refractivity contribution in [2.24, 2.45) is 35.5 Å². The maximum Gasteiger partial charge on any atom is 0.229 e. The molecule has 0 saturated heterocycles. The molecule has 6 heterocycles. The first-order valence-corrected chi connectivity index (χ1v) is 49.1. The van der Waals surface area contributed by atoms with Crippen LogP contribution in [0, 0.1) is 35.5 Å². The number of carbonyl (C=O) groups excluding carboxylic acids is 3. The average Bonchev–Trinajstić information content (AvgIpc) is 0.717. The fourth-order valence-electron chi connectivity index (χ4n) is 21.3. The van der Waals surface area contributed by atoms with Crippen LogP contribution in [-0.2, 0) is 30.1 Å². The second kappa shape index (κ2) is 31.2. The molecule has 3 saturated carbocycles. The topological polar surface area (TPSA) is 295 Å². The van der Waals surface area contributed by atoms with Gasteiger partial charge in [0.05, 0.1) is 85.0 Å². The maximum atomic E-state index is 13.4. The summed E-state index contributed by atoms with van der Waals surface area (Å²) >= 11 is 0. The monoisotopic (exact) mass is 1740 g/mol. The number of rotatable bonds is 12. The number of fused-ring (bicyclic) bond motifs is 27. The van der Waals surface area contributed by atoms with Gasteiger partial charge in [0.2, 0.25) is 30.1 Å². The molecule has 15 aromatic rings. The Labute approximate surface area is 732 Å². The number of hydrogen-bond acceptors (Lipinski definition) is 18. The van der Waals surface area contributed by atoms with Crippen LogP contribution in [0.25, 0.3) is 98.5 Å². The molecular weight excluding hydrogens is 1640 g/mol. The largest absolute Gasteiger partial charge is 0.487 e. The number of sulfonamides is 3. The van der Waals surface area contributed by atoms with E-state index in [1.165, 1.54) is 24.8 Å². The summed E-state index contributed by atoms with van der Waals surface area (Å²) in [5.74, 6) is 6.27. The van der Waals surface area contributed by atoms with Gasteiger partial charge in [-0.15, -0.1) is 0 Å². The zero-order valence-corrected chi connectivity index (χ0v) is 74.9. The minimum Gasteiger partial charge on any atom is -0.487 e. The van der Waals surface area contributed by atoms with E-state index in [4.69, 9.17) is 44.1 Å². The lowest BCUT2D eigenvalue weighted by atomic mass is 9.64. The van der Waals surface area contributed by atoms with Crippen molar-refractivity contribution in [2.45, 2.75) is 155 Å². The second-order valence-electron chi connectivity index (χ2n) is 37.6. The lowest BCUT2D eigenvalue weighted by Gasteiger charge is -2.49. The van der Waals surface area contributed by atoms with Gasteiger partial charge in [-0.2, -0.15) is 0 Å². The Bertz CT molecular complexity index is 7160. The smallest absolute Gasteiger partial charge is 0.229 e. The molecule has 126 heavy (non-hydrogen) atoms. The molecule has 21 nitrogen and oxygen atoms in total. The Balaban J connectivity index is 0.000000123. The molecule has 0 radical (unpaired) electrons. The molecule has 3 fully saturated rings. The van der Waals surface area contributed by atoms with Crippen molar-refractivity contribution in [2.75, 3.05) is 32.9 Å². The first-order valence-electron chi connectivity index (χ1n) is 43.4. The molecule has 0 bridgehead atoms. The summed E-state index contributed by atoms with van der Waals surface area (Å²) in [5.41, 5.74) is 16.0. The third-order valence-electron chi connectivity index (χ3n) is 27.1. The Morgan fingerprint density at radius 1 is 0.302 bits per heavy atom. The number of anilines is 3. The van der Waals surface area contributed by atoms with E-state index in [-0.39, 0.29) is 34.2 Å². The highest BCUT2D eigenvalue weighted by atomic mass is 32.2. The molecule has 21 rings (SSSR count). The van der Waals surface area contributed by atoms with Gasteiger partial charge in [0.15, 0.2) is 17.3 Å². The van der Waals surface area contributed by atoms with Crippen LogP contribution in [0.5, 0.6) is 17.2 Å². The first kappa shape index (κ1) is 83.4. The van der Waals surface area contributed by atoms with Crippen molar-refractivity contribution in [1.82, 2.24) is 29.9 Å². The SMILES string of the molecule is C[C@@H]1CC[C@@H]2[C@@H](C1)c1c(c3ccccc3c3nc4cc(C(=O)c5ccc(NS(C)(=O)=O)cc5)ccc4nc13)OC2(C)C.C[C@@H]1CC[C@@H]2[C@@H](C1)c1c(c3ccccc3c3nc4ccc(C(=O)c5ccc(NS(C)(=O)=O)cc5)cc4nc13)OC2(C)C.C[C@H]1CC[C@H]2[C@H](C1)c1c(c3ccccc3c3nc4ccc(C(=O)c5ccc(NS(C)(=O)=O)cc5)cc4nc13)OC2(C)C. The van der Waals surface area contributed by atoms with Crippen LogP contribution in [-0.4, -0.2) is 108 Å². The van der Waals surface area contributed by atoms with Crippen LogP contribution in [0.2, 0.25) is 0 Å². The zero-order chi connectivity index (χ0) is 88.2. The fraction of sp³-hybridized carbons (Fsp3) is 0.324. The number of aromatic nitrogens is 6. The van der Waals surface area contributed by atoms with Crippen LogP contribution in [0.3, 0.4) is 0 Å². The summed E-state index contributed by atoms with van der Waals surface area (Å²) in [5, 5.41) is 6.21. The number of hydrogen-bond donors (Lipinski definition) is 3. The fourth-order valence-corrected chi connectivity index (χ4v) is 23.0. The third kappa shape index (κ3) is 15.6. The quantitative estimate of drug-likeness (QED) is 0.0582. The number of nitrogens with zero attached hydrogens (tertiary/aromatic N) is 6. The molecule has 0 spiro atoms. The maximum absolute atomic E-state index is 13.4. The van der Waals surface area contributed by atoms with Crippen molar-refractivity contribution >= 4 is 163 Å². The van der Waals surface area contributed by atoms with Gasteiger partial charge in [0.25, 0.3) is 0 Å². The van der Waals surface area contributed by atoms with Crippen LogP contribution < -0.4 is 28.4 Å². The number of benzene rings is 12. The van der Waals surface area contributed by atoms with Crippen molar-refractivity contribution in [3.63, 3.8) is 0 Å². The van der Waals surface area contributed by atoms with Crippen molar-refractivity contribution < 1.29 is 53.8 Å². The highest BCUT2D eigenvalue weighted by Gasteiger charge is 2.51. The standard InChI is InChI=1S/3C34H33N3O4S/c1-19-9-15-26-25(17-19)29-31-30(23-7-5-6-8-24(23)33(29)41-34(26,2)3)36-28-18-21(12-16-27(28)35-31)32(38)20-10-13-22(14-11-20)37-42(4,39)40;2*1-19-9-15-26-25(17-19)29-31-30(23-7-5-6-8-24(23)33(29)41-34(26,2)3)35-27-16-12-21(18-28(27)36-31)32(38)20-10-13-22(14-11-20)37-42(4,39)40/h3*5-8,10-14,16,18-19,25-26,37H,9,15,17H2,1-4H3/t3*19-,25-,26-/m110/s1. The van der Waals surface area contributed by atoms with Gasteiger partial charge in [0, 0.05) is 117 Å². The van der Waals surface area contributed by atoms with E-state index in [1.807, 2.05) is 54.6 Å². The predicted octanol–water partition coefficient (Wildman–Crippen LogP) is 21.7. The summed E-state index contributed by atoms with van der Waals surface area (Å²) < 4.78 is 97.1. The molecule has 3 aliphatic heterocycles. The molecular formula is C102H99N9O12S3. The summed E-state index contributed by atoms with van der Waals surface area (Å²) in [4.78, 5) is 71.4. The van der Waals surface area contributed by atoms with Crippen LogP contribution in [0.15, 0.2) is 200 Å². The summed E-state index contributed by atoms with van der Waals surface area (Å²) in [7, 11) is -10.2. The molecule has 3 aliphatic carbocycles. The van der Waals surface area contributed by atoms with Gasteiger partial charge in [-0.05, 0) is 243 Å². The van der Waals surface area contributed by atoms with Gasteiger partial charge >= 0.3 is 0 Å². The molecule has 3 aromatic heterocycles. The van der Waals surface area contributed by atoms with Crippen molar-refractivity contribution in [3.8, 4) is 17.2 Å². The Morgan fingerprint density at radius 2 is 0.532 bits per heavy atom. The molecule has 3 N–H and O–H groups in total. The normalized spacial score (nSPS) is 21.5. The molecule has 24 heteroatoms. The highest BCUT2D eigenvalue weighted by molar-refractivity contribution is 7.92. The summed E-state index contributed by atoms with van der Waals surface area (Å²) in [6, 6.07) is 60.4. The number of ketones is 3. The van der Waals surface area contributed by atoms with Crippen molar-refractivity contribution in [3.05, 3.63) is 250 Å². The van der Waals surface area contributed by atoms with Crippen molar-refractivity contribution in [1.29, 1.82) is 0 Å². The van der Waals surface area contributed by atoms with Crippen LogP contribution in [0.4, 0.5) is 17.1 Å². The molecule has 0 unspecified atom stereocenters. The van der Waals surface area contributed by atoms with Gasteiger partial charge < -0.3 is 14.2 Å². The number of nitrogens with one attached hydrogen (secondary N) is 3. The first-order chi connectivity index (χ1) is 59.9. The van der Waals surface area contributed by atoms with Gasteiger partial charge in [-0.25, -0.2) is 55.2 Å². The Hall–Kier alpha value is -12.1. The zero-order valence-electron chi connectivity index (χ0n) is 72.4. The van der Waals surface area contributed by atoms with E-state index in [0.29, 0.717) is 120 Å². The summed E-state index contributed by atoms with van der Waals surface area (Å²) in [6.07, 6.45) is 13.5. The lowest BCUT2D eigenvalue weighted by Crippen LogP contribution is -2.46. The second-order valence-corrected chi connectivity index (χ2v) is 42.8. The molecule has 12 aromatic carbocycles. The van der Waals surface area contributed by atoms with Crippen LogP contribution >= 0.6 is 0 Å². The van der Waals surface area contributed by atoms with Crippen LogP contribution in [0.1, 0.15) is 202 Å². The van der Waals surface area contributed by atoms with E-state index >= 15 is 0 Å². The van der Waals surface area contributed by atoms with Gasteiger partial charge in [-0.3, -0.25) is 28.5 Å². The summed E-state index contributed by atoms with van der Waals surface area (Å²) in [6.45, 7) is 20.3. The minimum atomic E-state index is -3.40. The molecule has 6 aliphatic rings. The number of ether oxygens (including phenoxy) is 3. The third-order valence-corrected chi connectivity index (χ3v) is 29.0. The number of carbonyl (C=O) groups is 3. The van der Waals surface area contributed by atoms with Gasteiger partial charge in [0.1, 0.15) is 34.1 Å². The van der Waals surface area contributed by atoms with E-state index < -0.39 is 30.1 Å². The Kier molecular flexibility index (Phi) is 20.6. The Morgan fingerprint density at radius 3 is 0.794 bits per heavy atom. The van der Waals surface area contributed by atoms with E-state index in [1.54, 1.807) is 97.1 Å². The minimum absolute atomic E-state index is 0.170. The predicted molar refractivity (Wildman–Crippen MR) is 501 cm³/mol. The molecule has 9 atom stereocenters. The lowest BCUT2D eigenvalue weighted by molar-refractivity contribution is -0.0118.